The predicted molar refractivity (Wildman–Crippen MR) is 74.1 cm³/mol. The number of aliphatic hydroxyl groups excluding tert-OH is 1. The van der Waals surface area contributed by atoms with Gasteiger partial charge < -0.3 is 15.2 Å². The second-order valence-corrected chi connectivity index (χ2v) is 4.23. The minimum absolute atomic E-state index is 0.0733. The molecular weight excluding hydrogens is 242 g/mol. The van der Waals surface area contributed by atoms with Crippen molar-refractivity contribution in [2.75, 3.05) is 20.3 Å². The summed E-state index contributed by atoms with van der Waals surface area (Å²) in [5.41, 5.74) is 1.46. The van der Waals surface area contributed by atoms with Gasteiger partial charge in [0.15, 0.2) is 0 Å². The van der Waals surface area contributed by atoms with Crippen LogP contribution in [0, 0.1) is 0 Å². The zero-order valence-corrected chi connectivity index (χ0v) is 10.8. The molecule has 2 aromatic rings. The lowest BCUT2D eigenvalue weighted by Gasteiger charge is -2.12. The normalized spacial score (nSPS) is 10.6. The Kier molecular flexibility index (Phi) is 4.49. The predicted octanol–water partition coefficient (Wildman–Crippen LogP) is 1.71. The van der Waals surface area contributed by atoms with Crippen molar-refractivity contribution in [3.8, 4) is 0 Å². The van der Waals surface area contributed by atoms with Gasteiger partial charge in [0.05, 0.1) is 18.8 Å². The molecule has 0 saturated heterocycles. The summed E-state index contributed by atoms with van der Waals surface area (Å²) >= 11 is 0. The Bertz CT molecular complexity index is 581. The van der Waals surface area contributed by atoms with Crippen molar-refractivity contribution in [2.24, 2.45) is 0 Å². The fourth-order valence-electron chi connectivity index (χ4n) is 2.12. The number of ether oxygens (including phenoxy) is 1. The largest absolute Gasteiger partial charge is 0.395 e. The number of nitrogens with one attached hydrogen (secondary N) is 1. The van der Waals surface area contributed by atoms with E-state index in [4.69, 9.17) is 9.84 Å². The second kappa shape index (κ2) is 6.31. The lowest BCUT2D eigenvalue weighted by Crippen LogP contribution is -2.27. The molecule has 0 saturated carbocycles. The molecule has 0 aromatic heterocycles. The first-order valence-electron chi connectivity index (χ1n) is 6.16. The van der Waals surface area contributed by atoms with Gasteiger partial charge in [0, 0.05) is 13.7 Å². The van der Waals surface area contributed by atoms with Crippen LogP contribution in [-0.4, -0.2) is 31.3 Å². The van der Waals surface area contributed by atoms with Crippen LogP contribution in [0.3, 0.4) is 0 Å². The van der Waals surface area contributed by atoms with E-state index in [1.54, 1.807) is 7.11 Å². The van der Waals surface area contributed by atoms with Gasteiger partial charge in [-0.3, -0.25) is 4.79 Å². The molecule has 0 fully saturated rings. The smallest absolute Gasteiger partial charge is 0.252 e. The van der Waals surface area contributed by atoms with Gasteiger partial charge in [-0.25, -0.2) is 0 Å². The van der Waals surface area contributed by atoms with Crippen LogP contribution in [0.4, 0.5) is 0 Å². The van der Waals surface area contributed by atoms with E-state index in [1.165, 1.54) is 0 Å². The number of aliphatic hydroxyl groups is 1. The van der Waals surface area contributed by atoms with Crippen molar-refractivity contribution in [2.45, 2.75) is 6.61 Å². The number of benzene rings is 2. The van der Waals surface area contributed by atoms with E-state index in [0.717, 1.165) is 16.3 Å². The van der Waals surface area contributed by atoms with Crippen LogP contribution in [-0.2, 0) is 11.3 Å². The highest BCUT2D eigenvalue weighted by atomic mass is 16.5. The Balaban J connectivity index is 2.52. The van der Waals surface area contributed by atoms with Gasteiger partial charge in [-0.15, -0.1) is 0 Å². The van der Waals surface area contributed by atoms with Crippen LogP contribution >= 0.6 is 0 Å². The number of rotatable bonds is 5. The van der Waals surface area contributed by atoms with Crippen LogP contribution in [0.25, 0.3) is 10.8 Å². The lowest BCUT2D eigenvalue weighted by molar-refractivity contribution is 0.0941. The maximum absolute atomic E-state index is 12.2. The summed E-state index contributed by atoms with van der Waals surface area (Å²) in [7, 11) is 1.60. The molecule has 0 heterocycles. The molecule has 0 atom stereocenters. The van der Waals surface area contributed by atoms with Crippen molar-refractivity contribution in [3.05, 3.63) is 47.5 Å². The SMILES string of the molecule is COCc1ccc2ccccc2c1C(=O)NCCO. The number of amides is 1. The molecule has 2 aromatic carbocycles. The molecule has 0 aliphatic heterocycles. The first-order chi connectivity index (χ1) is 9.27. The number of carbonyl (C=O) groups excluding carboxylic acids is 1. The van der Waals surface area contributed by atoms with Gasteiger partial charge in [-0.2, -0.15) is 0 Å². The van der Waals surface area contributed by atoms with Crippen LogP contribution in [0.2, 0.25) is 0 Å². The highest BCUT2D eigenvalue weighted by Crippen LogP contribution is 2.23. The molecule has 19 heavy (non-hydrogen) atoms. The first kappa shape index (κ1) is 13.5. The summed E-state index contributed by atoms with van der Waals surface area (Å²) in [4.78, 5) is 12.2. The molecule has 0 aliphatic rings. The zero-order chi connectivity index (χ0) is 13.7. The van der Waals surface area contributed by atoms with E-state index in [9.17, 15) is 4.79 Å². The summed E-state index contributed by atoms with van der Waals surface area (Å²) in [5, 5.41) is 13.4. The van der Waals surface area contributed by atoms with E-state index >= 15 is 0 Å². The van der Waals surface area contributed by atoms with Gasteiger partial charge in [-0.05, 0) is 16.3 Å². The molecule has 0 spiro atoms. The van der Waals surface area contributed by atoms with Gasteiger partial charge >= 0.3 is 0 Å². The van der Waals surface area contributed by atoms with Crippen LogP contribution in [0.1, 0.15) is 15.9 Å². The Morgan fingerprint density at radius 2 is 2.05 bits per heavy atom. The summed E-state index contributed by atoms with van der Waals surface area (Å²) in [6.07, 6.45) is 0. The quantitative estimate of drug-likeness (QED) is 0.859. The third kappa shape index (κ3) is 2.92. The summed E-state index contributed by atoms with van der Waals surface area (Å²) in [5.74, 6) is -0.182. The van der Waals surface area contributed by atoms with Gasteiger partial charge in [0.1, 0.15) is 0 Å². The average Bonchev–Trinajstić information content (AvgIpc) is 2.45. The number of hydrogen-bond acceptors (Lipinski definition) is 3. The van der Waals surface area contributed by atoms with Crippen molar-refractivity contribution in [1.29, 1.82) is 0 Å². The third-order valence-electron chi connectivity index (χ3n) is 2.94. The Morgan fingerprint density at radius 3 is 2.79 bits per heavy atom. The van der Waals surface area contributed by atoms with E-state index in [-0.39, 0.29) is 19.1 Å². The molecule has 0 radical (unpaired) electrons. The standard InChI is InChI=1S/C15H17NO3/c1-19-10-12-7-6-11-4-2-3-5-13(11)14(12)15(18)16-8-9-17/h2-7,17H,8-10H2,1H3,(H,16,18). The minimum atomic E-state index is -0.182. The Hall–Kier alpha value is -1.91. The van der Waals surface area contributed by atoms with Crippen LogP contribution in [0.5, 0.6) is 0 Å². The summed E-state index contributed by atoms with van der Waals surface area (Å²) in [6.45, 7) is 0.553. The maximum atomic E-state index is 12.2. The second-order valence-electron chi connectivity index (χ2n) is 4.23. The van der Waals surface area contributed by atoms with Crippen molar-refractivity contribution in [3.63, 3.8) is 0 Å². The number of fused-ring (bicyclic) bond motifs is 1. The van der Waals surface area contributed by atoms with Crippen molar-refractivity contribution >= 4 is 16.7 Å². The van der Waals surface area contributed by atoms with E-state index in [1.807, 2.05) is 36.4 Å². The number of carbonyl (C=O) groups is 1. The fourth-order valence-corrected chi connectivity index (χ4v) is 2.12. The Labute approximate surface area is 112 Å². The van der Waals surface area contributed by atoms with E-state index in [0.29, 0.717) is 12.2 Å². The highest BCUT2D eigenvalue weighted by molar-refractivity contribution is 6.08. The van der Waals surface area contributed by atoms with Crippen LogP contribution < -0.4 is 5.32 Å². The molecule has 100 valence electrons. The molecule has 2 rings (SSSR count). The van der Waals surface area contributed by atoms with E-state index < -0.39 is 0 Å². The molecule has 2 N–H and O–H groups in total. The molecular formula is C15H17NO3. The van der Waals surface area contributed by atoms with Gasteiger partial charge in [-0.1, -0.05) is 36.4 Å². The first-order valence-corrected chi connectivity index (χ1v) is 6.16. The van der Waals surface area contributed by atoms with Gasteiger partial charge in [0.2, 0.25) is 0 Å². The number of methoxy groups -OCH3 is 1. The monoisotopic (exact) mass is 259 g/mol. The molecule has 0 aliphatic carbocycles. The van der Waals surface area contributed by atoms with Crippen molar-refractivity contribution < 1.29 is 14.6 Å². The zero-order valence-electron chi connectivity index (χ0n) is 10.8. The summed E-state index contributed by atoms with van der Waals surface area (Å²) in [6, 6.07) is 11.6. The average molecular weight is 259 g/mol. The number of hydrogen-bond donors (Lipinski definition) is 2. The molecule has 0 unspecified atom stereocenters. The maximum Gasteiger partial charge on any atom is 0.252 e. The minimum Gasteiger partial charge on any atom is -0.395 e. The molecule has 4 heteroatoms. The highest BCUT2D eigenvalue weighted by Gasteiger charge is 2.14. The van der Waals surface area contributed by atoms with Gasteiger partial charge in [0.25, 0.3) is 5.91 Å². The molecule has 1 amide bonds. The third-order valence-corrected chi connectivity index (χ3v) is 2.94. The van der Waals surface area contributed by atoms with E-state index in [2.05, 4.69) is 5.32 Å². The molecule has 0 bridgehead atoms. The topological polar surface area (TPSA) is 58.6 Å². The van der Waals surface area contributed by atoms with Crippen LogP contribution in [0.15, 0.2) is 36.4 Å². The summed E-state index contributed by atoms with van der Waals surface area (Å²) < 4.78 is 5.14. The lowest BCUT2D eigenvalue weighted by atomic mass is 9.98. The van der Waals surface area contributed by atoms with Crippen molar-refractivity contribution in [1.82, 2.24) is 5.32 Å². The fraction of sp³-hybridized carbons (Fsp3) is 0.267. The molecule has 4 nitrogen and oxygen atoms in total. The Morgan fingerprint density at radius 1 is 1.26 bits per heavy atom.